The summed E-state index contributed by atoms with van der Waals surface area (Å²) in [7, 11) is 0. The van der Waals surface area contributed by atoms with Gasteiger partial charge in [-0.25, -0.2) is 0 Å². The third-order valence-electron chi connectivity index (χ3n) is 4.18. The highest BCUT2D eigenvalue weighted by Crippen LogP contribution is 2.44. The molecule has 0 bridgehead atoms. The van der Waals surface area contributed by atoms with E-state index >= 15 is 0 Å². The van der Waals surface area contributed by atoms with Crippen LogP contribution >= 0.6 is 0 Å². The molecule has 2 aromatic rings. The molecule has 0 fully saturated rings. The average molecular weight is 311 g/mol. The fourth-order valence-corrected chi connectivity index (χ4v) is 3.11. The Balaban J connectivity index is 1.73. The van der Waals surface area contributed by atoms with E-state index in [1.165, 1.54) is 0 Å². The number of anilines is 1. The number of nitrogens with one attached hydrogen (secondary N) is 1. The number of carbonyl (C=O) groups is 1. The molecular formula is C18H17NO4. The van der Waals surface area contributed by atoms with Crippen LogP contribution in [0.1, 0.15) is 30.4 Å². The molecule has 118 valence electrons. The van der Waals surface area contributed by atoms with Crippen LogP contribution in [-0.4, -0.2) is 19.3 Å². The van der Waals surface area contributed by atoms with Crippen LogP contribution in [0.4, 0.5) is 5.69 Å². The molecule has 2 heterocycles. The number of benzene rings is 2. The fourth-order valence-electron chi connectivity index (χ4n) is 3.11. The number of hydrogen-bond acceptors (Lipinski definition) is 4. The van der Waals surface area contributed by atoms with Gasteiger partial charge in [0.2, 0.25) is 12.7 Å². The van der Waals surface area contributed by atoms with E-state index in [1.807, 2.05) is 43.3 Å². The standard InChI is InChI=1S/C18H17NO4/c1-2-21-12-5-3-11(4-6-12)13-8-18(20)19-15-9-17-16(7-14(13)15)22-10-23-17/h3-7,9,13H,2,8,10H2,1H3,(H,19,20)/t13-/m1/s1. The van der Waals surface area contributed by atoms with Gasteiger partial charge >= 0.3 is 0 Å². The molecule has 0 saturated carbocycles. The van der Waals surface area contributed by atoms with Gasteiger partial charge < -0.3 is 19.5 Å². The van der Waals surface area contributed by atoms with Crippen LogP contribution in [-0.2, 0) is 4.79 Å². The number of fused-ring (bicyclic) bond motifs is 2. The van der Waals surface area contributed by atoms with Crippen molar-refractivity contribution in [3.8, 4) is 17.2 Å². The topological polar surface area (TPSA) is 56.8 Å². The lowest BCUT2D eigenvalue weighted by atomic mass is 9.84. The van der Waals surface area contributed by atoms with E-state index in [2.05, 4.69) is 5.32 Å². The van der Waals surface area contributed by atoms with Crippen molar-refractivity contribution in [3.63, 3.8) is 0 Å². The Bertz CT molecular complexity index is 754. The molecule has 1 atom stereocenters. The molecule has 5 nitrogen and oxygen atoms in total. The summed E-state index contributed by atoms with van der Waals surface area (Å²) in [6.07, 6.45) is 0.417. The summed E-state index contributed by atoms with van der Waals surface area (Å²) in [6, 6.07) is 11.7. The Labute approximate surface area is 134 Å². The molecule has 0 aliphatic carbocycles. The van der Waals surface area contributed by atoms with Crippen molar-refractivity contribution in [2.24, 2.45) is 0 Å². The molecule has 1 N–H and O–H groups in total. The highest BCUT2D eigenvalue weighted by atomic mass is 16.7. The Kier molecular flexibility index (Phi) is 3.33. The summed E-state index contributed by atoms with van der Waals surface area (Å²) in [5.74, 6) is 2.26. The quantitative estimate of drug-likeness (QED) is 0.945. The summed E-state index contributed by atoms with van der Waals surface area (Å²) in [5.41, 5.74) is 2.94. The van der Waals surface area contributed by atoms with E-state index in [1.54, 1.807) is 0 Å². The maximum absolute atomic E-state index is 12.1. The number of hydrogen-bond donors (Lipinski definition) is 1. The lowest BCUT2D eigenvalue weighted by Gasteiger charge is -2.26. The molecular weight excluding hydrogens is 294 g/mol. The van der Waals surface area contributed by atoms with Gasteiger partial charge in [-0.2, -0.15) is 0 Å². The maximum atomic E-state index is 12.1. The predicted octanol–water partition coefficient (Wildman–Crippen LogP) is 3.29. The SMILES string of the molecule is CCOc1ccc([C@H]2CC(=O)Nc3cc4c(cc32)OCO4)cc1. The van der Waals surface area contributed by atoms with Crippen molar-refractivity contribution < 1.29 is 19.0 Å². The van der Waals surface area contributed by atoms with E-state index < -0.39 is 0 Å². The smallest absolute Gasteiger partial charge is 0.231 e. The zero-order chi connectivity index (χ0) is 15.8. The van der Waals surface area contributed by atoms with Gasteiger partial charge in [0.1, 0.15) is 5.75 Å². The first kappa shape index (κ1) is 13.9. The highest BCUT2D eigenvalue weighted by Gasteiger charge is 2.29. The number of rotatable bonds is 3. The van der Waals surface area contributed by atoms with Crippen LogP contribution < -0.4 is 19.5 Å². The fraction of sp³-hybridized carbons (Fsp3) is 0.278. The average Bonchev–Trinajstić information content (AvgIpc) is 3.00. The summed E-state index contributed by atoms with van der Waals surface area (Å²) in [5, 5.41) is 2.92. The molecule has 2 aromatic carbocycles. The van der Waals surface area contributed by atoms with Gasteiger partial charge in [-0.3, -0.25) is 4.79 Å². The van der Waals surface area contributed by atoms with Crippen molar-refractivity contribution >= 4 is 11.6 Å². The lowest BCUT2D eigenvalue weighted by molar-refractivity contribution is -0.116. The summed E-state index contributed by atoms with van der Waals surface area (Å²) >= 11 is 0. The van der Waals surface area contributed by atoms with Gasteiger partial charge in [0.25, 0.3) is 0 Å². The van der Waals surface area contributed by atoms with Crippen molar-refractivity contribution in [2.75, 3.05) is 18.7 Å². The molecule has 2 aliphatic rings. The first-order valence-corrected chi connectivity index (χ1v) is 7.70. The first-order chi connectivity index (χ1) is 11.2. The minimum atomic E-state index is 0.00364. The second kappa shape index (κ2) is 5.50. The molecule has 5 heteroatoms. The second-order valence-corrected chi connectivity index (χ2v) is 5.60. The molecule has 23 heavy (non-hydrogen) atoms. The van der Waals surface area contributed by atoms with E-state index in [0.717, 1.165) is 28.3 Å². The van der Waals surface area contributed by atoms with E-state index in [0.29, 0.717) is 18.8 Å². The van der Waals surface area contributed by atoms with Gasteiger partial charge in [0, 0.05) is 24.1 Å². The first-order valence-electron chi connectivity index (χ1n) is 7.70. The summed E-state index contributed by atoms with van der Waals surface area (Å²) in [6.45, 7) is 2.82. The van der Waals surface area contributed by atoms with Gasteiger partial charge in [0.05, 0.1) is 6.61 Å². The lowest BCUT2D eigenvalue weighted by Crippen LogP contribution is -2.23. The zero-order valence-electron chi connectivity index (χ0n) is 12.8. The van der Waals surface area contributed by atoms with Gasteiger partial charge in [-0.15, -0.1) is 0 Å². The highest BCUT2D eigenvalue weighted by molar-refractivity contribution is 5.96. The third kappa shape index (κ3) is 2.48. The Morgan fingerprint density at radius 2 is 1.91 bits per heavy atom. The minimum Gasteiger partial charge on any atom is -0.494 e. The number of amides is 1. The van der Waals surface area contributed by atoms with E-state index in [-0.39, 0.29) is 18.6 Å². The summed E-state index contributed by atoms with van der Waals surface area (Å²) < 4.78 is 16.3. The maximum Gasteiger partial charge on any atom is 0.231 e. The Morgan fingerprint density at radius 1 is 1.17 bits per heavy atom. The van der Waals surface area contributed by atoms with Crippen LogP contribution in [0.5, 0.6) is 17.2 Å². The molecule has 2 aliphatic heterocycles. The number of ether oxygens (including phenoxy) is 3. The summed E-state index contributed by atoms with van der Waals surface area (Å²) in [4.78, 5) is 12.1. The molecule has 0 unspecified atom stereocenters. The van der Waals surface area contributed by atoms with Crippen molar-refractivity contribution in [3.05, 3.63) is 47.5 Å². The van der Waals surface area contributed by atoms with Crippen LogP contribution in [0, 0.1) is 0 Å². The normalized spacial score (nSPS) is 18.3. The monoisotopic (exact) mass is 311 g/mol. The van der Waals surface area contributed by atoms with E-state index in [4.69, 9.17) is 14.2 Å². The van der Waals surface area contributed by atoms with Crippen molar-refractivity contribution in [1.82, 2.24) is 0 Å². The molecule has 4 rings (SSSR count). The predicted molar refractivity (Wildman–Crippen MR) is 85.3 cm³/mol. The van der Waals surface area contributed by atoms with Crippen LogP contribution in [0.25, 0.3) is 0 Å². The Hall–Kier alpha value is -2.69. The molecule has 0 spiro atoms. The van der Waals surface area contributed by atoms with Crippen LogP contribution in [0.2, 0.25) is 0 Å². The number of carbonyl (C=O) groups excluding carboxylic acids is 1. The zero-order valence-corrected chi connectivity index (χ0v) is 12.8. The van der Waals surface area contributed by atoms with Crippen molar-refractivity contribution in [1.29, 1.82) is 0 Å². The molecule has 0 aromatic heterocycles. The largest absolute Gasteiger partial charge is 0.494 e. The minimum absolute atomic E-state index is 0.00364. The van der Waals surface area contributed by atoms with Crippen molar-refractivity contribution in [2.45, 2.75) is 19.3 Å². The molecule has 0 saturated heterocycles. The third-order valence-corrected chi connectivity index (χ3v) is 4.18. The molecule has 1 amide bonds. The van der Waals surface area contributed by atoms with E-state index in [9.17, 15) is 4.79 Å². The van der Waals surface area contributed by atoms with Gasteiger partial charge in [-0.05, 0) is 36.2 Å². The van der Waals surface area contributed by atoms with Crippen LogP contribution in [0.15, 0.2) is 36.4 Å². The van der Waals surface area contributed by atoms with Gasteiger partial charge in [-0.1, -0.05) is 12.1 Å². The van der Waals surface area contributed by atoms with Crippen LogP contribution in [0.3, 0.4) is 0 Å². The molecule has 0 radical (unpaired) electrons. The second-order valence-electron chi connectivity index (χ2n) is 5.60. The van der Waals surface area contributed by atoms with Gasteiger partial charge in [0.15, 0.2) is 11.5 Å². The Morgan fingerprint density at radius 3 is 2.65 bits per heavy atom.